The van der Waals surface area contributed by atoms with Gasteiger partial charge >= 0.3 is 0 Å². The zero-order valence-corrected chi connectivity index (χ0v) is 14.6. The van der Waals surface area contributed by atoms with Gasteiger partial charge in [0.2, 0.25) is 10.0 Å². The Bertz CT molecular complexity index is 603. The number of piperidine rings is 1. The minimum Gasteiger partial charge on any atom is -0.357 e. The normalized spacial score (nSPS) is 21.0. The molecule has 6 nitrogen and oxygen atoms in total. The highest BCUT2D eigenvalue weighted by Gasteiger charge is 2.23. The number of nitrogens with one attached hydrogen (secondary N) is 1. The Morgan fingerprint density at radius 3 is 2.43 bits per heavy atom. The SMILES string of the molecule is CNS(=O)(=O)c1ccc(N2CCC(CN3CCCC3)CC2)nc1. The van der Waals surface area contributed by atoms with Gasteiger partial charge in [0, 0.05) is 25.8 Å². The first-order valence-electron chi connectivity index (χ1n) is 8.45. The van der Waals surface area contributed by atoms with Crippen molar-refractivity contribution in [1.29, 1.82) is 0 Å². The van der Waals surface area contributed by atoms with Crippen molar-refractivity contribution in [2.45, 2.75) is 30.6 Å². The molecule has 0 radical (unpaired) electrons. The number of likely N-dealkylation sites (tertiary alicyclic amines) is 1. The van der Waals surface area contributed by atoms with Gasteiger partial charge in [0.05, 0.1) is 0 Å². The fourth-order valence-electron chi connectivity index (χ4n) is 3.51. The minimum absolute atomic E-state index is 0.215. The third-order valence-electron chi connectivity index (χ3n) is 4.95. The molecule has 0 bridgehead atoms. The van der Waals surface area contributed by atoms with Gasteiger partial charge in [-0.1, -0.05) is 0 Å². The maximum absolute atomic E-state index is 11.7. The van der Waals surface area contributed by atoms with Crippen LogP contribution in [0.25, 0.3) is 0 Å². The van der Waals surface area contributed by atoms with E-state index in [9.17, 15) is 8.42 Å². The molecule has 128 valence electrons. The summed E-state index contributed by atoms with van der Waals surface area (Å²) >= 11 is 0. The first kappa shape index (κ1) is 16.7. The van der Waals surface area contributed by atoms with Crippen molar-refractivity contribution >= 4 is 15.8 Å². The summed E-state index contributed by atoms with van der Waals surface area (Å²) in [6.07, 6.45) is 6.52. The maximum atomic E-state index is 11.7. The van der Waals surface area contributed by atoms with Gasteiger partial charge in [-0.3, -0.25) is 0 Å². The molecule has 1 aromatic heterocycles. The molecule has 1 N–H and O–H groups in total. The van der Waals surface area contributed by atoms with Crippen LogP contribution in [0.3, 0.4) is 0 Å². The first-order valence-corrected chi connectivity index (χ1v) is 9.94. The van der Waals surface area contributed by atoms with E-state index in [2.05, 4.69) is 19.5 Å². The molecule has 2 fully saturated rings. The number of anilines is 1. The second kappa shape index (κ2) is 7.15. The van der Waals surface area contributed by atoms with Crippen molar-refractivity contribution in [3.05, 3.63) is 18.3 Å². The molecular weight excluding hydrogens is 312 g/mol. The van der Waals surface area contributed by atoms with Crippen molar-refractivity contribution in [2.75, 3.05) is 44.7 Å². The number of hydrogen-bond donors (Lipinski definition) is 1. The number of rotatable bonds is 5. The van der Waals surface area contributed by atoms with E-state index in [0.717, 1.165) is 24.8 Å². The van der Waals surface area contributed by atoms with E-state index in [0.29, 0.717) is 0 Å². The van der Waals surface area contributed by atoms with Crippen LogP contribution >= 0.6 is 0 Å². The molecular formula is C16H26N4O2S. The summed E-state index contributed by atoms with van der Waals surface area (Å²) in [6.45, 7) is 5.78. The summed E-state index contributed by atoms with van der Waals surface area (Å²) in [4.78, 5) is 9.41. The zero-order chi connectivity index (χ0) is 16.3. The highest BCUT2D eigenvalue weighted by molar-refractivity contribution is 7.89. The molecule has 0 spiro atoms. The molecule has 3 heterocycles. The van der Waals surface area contributed by atoms with E-state index in [1.165, 1.54) is 58.6 Å². The van der Waals surface area contributed by atoms with Gasteiger partial charge in [0.25, 0.3) is 0 Å². The second-order valence-electron chi connectivity index (χ2n) is 6.50. The minimum atomic E-state index is -3.40. The van der Waals surface area contributed by atoms with Crippen molar-refractivity contribution in [3.8, 4) is 0 Å². The van der Waals surface area contributed by atoms with Gasteiger partial charge in [-0.25, -0.2) is 18.1 Å². The first-order chi connectivity index (χ1) is 11.1. The Hall–Kier alpha value is -1.18. The van der Waals surface area contributed by atoms with Gasteiger partial charge in [0.1, 0.15) is 10.7 Å². The van der Waals surface area contributed by atoms with Gasteiger partial charge in [-0.15, -0.1) is 0 Å². The highest BCUT2D eigenvalue weighted by Crippen LogP contribution is 2.24. The van der Waals surface area contributed by atoms with Crippen LogP contribution in [-0.2, 0) is 10.0 Å². The molecule has 1 aromatic rings. The number of pyridine rings is 1. The molecule has 3 rings (SSSR count). The molecule has 23 heavy (non-hydrogen) atoms. The Kier molecular flexibility index (Phi) is 5.18. The fraction of sp³-hybridized carbons (Fsp3) is 0.688. The van der Waals surface area contributed by atoms with E-state index in [4.69, 9.17) is 0 Å². The van der Waals surface area contributed by atoms with Crippen LogP contribution in [-0.4, -0.2) is 58.1 Å². The molecule has 7 heteroatoms. The van der Waals surface area contributed by atoms with Crippen molar-refractivity contribution in [2.24, 2.45) is 5.92 Å². The molecule has 0 saturated carbocycles. The van der Waals surface area contributed by atoms with Crippen molar-refractivity contribution in [3.63, 3.8) is 0 Å². The molecule has 2 saturated heterocycles. The van der Waals surface area contributed by atoms with Crippen LogP contribution < -0.4 is 9.62 Å². The summed E-state index contributed by atoms with van der Waals surface area (Å²) < 4.78 is 25.8. The van der Waals surface area contributed by atoms with Crippen LogP contribution in [0.15, 0.2) is 23.2 Å². The molecule has 2 aliphatic heterocycles. The fourth-order valence-corrected chi connectivity index (χ4v) is 4.19. The predicted molar refractivity (Wildman–Crippen MR) is 91.1 cm³/mol. The lowest BCUT2D eigenvalue weighted by Crippen LogP contribution is -2.38. The summed E-state index contributed by atoms with van der Waals surface area (Å²) in [5.41, 5.74) is 0. The second-order valence-corrected chi connectivity index (χ2v) is 8.38. The maximum Gasteiger partial charge on any atom is 0.241 e. The van der Waals surface area contributed by atoms with E-state index < -0.39 is 10.0 Å². The Morgan fingerprint density at radius 1 is 1.17 bits per heavy atom. The van der Waals surface area contributed by atoms with Crippen LogP contribution in [0.4, 0.5) is 5.82 Å². The third kappa shape index (κ3) is 4.02. The molecule has 0 aromatic carbocycles. The Labute approximate surface area is 138 Å². The molecule has 0 unspecified atom stereocenters. The van der Waals surface area contributed by atoms with Gasteiger partial charge < -0.3 is 9.80 Å². The zero-order valence-electron chi connectivity index (χ0n) is 13.7. The van der Waals surface area contributed by atoms with Crippen LogP contribution in [0.1, 0.15) is 25.7 Å². The average molecular weight is 338 g/mol. The van der Waals surface area contributed by atoms with Crippen molar-refractivity contribution < 1.29 is 8.42 Å². The summed E-state index contributed by atoms with van der Waals surface area (Å²) in [7, 11) is -1.99. The van der Waals surface area contributed by atoms with Crippen molar-refractivity contribution in [1.82, 2.24) is 14.6 Å². The Morgan fingerprint density at radius 2 is 1.87 bits per heavy atom. The standard InChI is InChI=1S/C16H26N4O2S/c1-17-23(21,22)15-4-5-16(18-12-15)20-10-6-14(7-11-20)13-19-8-2-3-9-19/h4-5,12,14,17H,2-3,6-11,13H2,1H3. The van der Waals surface area contributed by atoms with E-state index in [-0.39, 0.29) is 4.90 Å². The number of hydrogen-bond acceptors (Lipinski definition) is 5. The van der Waals surface area contributed by atoms with Gasteiger partial charge in [-0.2, -0.15) is 0 Å². The van der Waals surface area contributed by atoms with Crippen LogP contribution in [0, 0.1) is 5.92 Å². The molecule has 2 aliphatic rings. The summed E-state index contributed by atoms with van der Waals surface area (Å²) in [5.74, 6) is 1.66. The lowest BCUT2D eigenvalue weighted by atomic mass is 9.96. The summed E-state index contributed by atoms with van der Waals surface area (Å²) in [5, 5.41) is 0. The smallest absolute Gasteiger partial charge is 0.241 e. The quantitative estimate of drug-likeness (QED) is 0.877. The van der Waals surface area contributed by atoms with E-state index in [1.54, 1.807) is 6.07 Å². The van der Waals surface area contributed by atoms with E-state index >= 15 is 0 Å². The Balaban J connectivity index is 1.55. The predicted octanol–water partition coefficient (Wildman–Crippen LogP) is 1.30. The van der Waals surface area contributed by atoms with E-state index in [1.807, 2.05) is 6.07 Å². The topological polar surface area (TPSA) is 65.5 Å². The molecule has 0 aliphatic carbocycles. The number of nitrogens with zero attached hydrogens (tertiary/aromatic N) is 3. The lowest BCUT2D eigenvalue weighted by molar-refractivity contribution is 0.249. The van der Waals surface area contributed by atoms with Crippen LogP contribution in [0.2, 0.25) is 0 Å². The highest BCUT2D eigenvalue weighted by atomic mass is 32.2. The molecule has 0 atom stereocenters. The monoisotopic (exact) mass is 338 g/mol. The largest absolute Gasteiger partial charge is 0.357 e. The summed E-state index contributed by atoms with van der Waals surface area (Å²) in [6, 6.07) is 3.44. The van der Waals surface area contributed by atoms with Crippen LogP contribution in [0.5, 0.6) is 0 Å². The third-order valence-corrected chi connectivity index (χ3v) is 6.35. The molecule has 0 amide bonds. The number of sulfonamides is 1. The average Bonchev–Trinajstić information content (AvgIpc) is 3.09. The number of aromatic nitrogens is 1. The van der Waals surface area contributed by atoms with Gasteiger partial charge in [0.15, 0.2) is 0 Å². The lowest BCUT2D eigenvalue weighted by Gasteiger charge is -2.34. The van der Waals surface area contributed by atoms with Gasteiger partial charge in [-0.05, 0) is 63.9 Å².